The van der Waals surface area contributed by atoms with Gasteiger partial charge < -0.3 is 20.9 Å². The van der Waals surface area contributed by atoms with Gasteiger partial charge in [-0.15, -0.1) is 0 Å². The van der Waals surface area contributed by atoms with Gasteiger partial charge >= 0.3 is 6.03 Å². The summed E-state index contributed by atoms with van der Waals surface area (Å²) in [6.45, 7) is 3.25. The number of urea groups is 1. The zero-order valence-corrected chi connectivity index (χ0v) is 15.0. The highest BCUT2D eigenvalue weighted by molar-refractivity contribution is 5.92. The van der Waals surface area contributed by atoms with Crippen molar-refractivity contribution in [3.8, 4) is 0 Å². The molecule has 3 N–H and O–H groups in total. The molecule has 0 unspecified atom stereocenters. The molecule has 0 saturated carbocycles. The Hall–Kier alpha value is -3.35. The van der Waals surface area contributed by atoms with Gasteiger partial charge in [0.25, 0.3) is 0 Å². The van der Waals surface area contributed by atoms with Crippen LogP contribution in [0.15, 0.2) is 48.5 Å². The smallest absolute Gasteiger partial charge is 0.319 e. The highest BCUT2D eigenvalue weighted by atomic mass is 16.2. The lowest BCUT2D eigenvalue weighted by atomic mass is 10.2. The largest absolute Gasteiger partial charge is 0.334 e. The molecule has 7 heteroatoms. The molecule has 0 aliphatic rings. The van der Waals surface area contributed by atoms with E-state index in [-0.39, 0.29) is 17.8 Å². The molecule has 0 fully saturated rings. The van der Waals surface area contributed by atoms with Gasteiger partial charge in [0.15, 0.2) is 0 Å². The topological polar surface area (TPSA) is 90.5 Å². The molecular weight excluding hydrogens is 332 g/mol. The van der Waals surface area contributed by atoms with Crippen LogP contribution in [0.3, 0.4) is 0 Å². The van der Waals surface area contributed by atoms with E-state index in [0.717, 1.165) is 11.3 Å². The fraction of sp³-hybridized carbons (Fsp3) is 0.211. The first-order chi connectivity index (χ1) is 12.3. The van der Waals surface area contributed by atoms with E-state index < -0.39 is 0 Å². The van der Waals surface area contributed by atoms with Crippen molar-refractivity contribution < 1.29 is 14.4 Å². The van der Waals surface area contributed by atoms with Gasteiger partial charge in [-0.1, -0.05) is 12.1 Å². The Morgan fingerprint density at radius 3 is 2.23 bits per heavy atom. The maximum absolute atomic E-state index is 12.0. The van der Waals surface area contributed by atoms with E-state index in [2.05, 4.69) is 16.0 Å². The molecule has 0 atom stereocenters. The fourth-order valence-electron chi connectivity index (χ4n) is 2.27. The summed E-state index contributed by atoms with van der Waals surface area (Å²) in [6.07, 6.45) is 0. The molecule has 0 bridgehead atoms. The minimum Gasteiger partial charge on any atom is -0.334 e. The summed E-state index contributed by atoms with van der Waals surface area (Å²) < 4.78 is 0. The monoisotopic (exact) mass is 354 g/mol. The Morgan fingerprint density at radius 1 is 0.923 bits per heavy atom. The number of rotatable bonds is 5. The molecule has 2 rings (SSSR count). The second-order valence-corrected chi connectivity index (χ2v) is 5.81. The molecule has 0 aliphatic carbocycles. The van der Waals surface area contributed by atoms with Gasteiger partial charge in [0, 0.05) is 44.5 Å². The molecular formula is C19H22N4O3. The molecule has 2 aromatic rings. The molecule has 7 nitrogen and oxygen atoms in total. The fourth-order valence-corrected chi connectivity index (χ4v) is 2.27. The normalized spacial score (nSPS) is 9.96. The summed E-state index contributed by atoms with van der Waals surface area (Å²) in [5.74, 6) is -0.211. The average Bonchev–Trinajstić information content (AvgIpc) is 2.60. The third-order valence-corrected chi connectivity index (χ3v) is 3.69. The first-order valence-electron chi connectivity index (χ1n) is 8.11. The molecule has 0 aromatic heterocycles. The lowest BCUT2D eigenvalue weighted by Gasteiger charge is -2.15. The molecule has 0 aliphatic heterocycles. The Bertz CT molecular complexity index is 803. The molecule has 2 aromatic carbocycles. The Kier molecular flexibility index (Phi) is 6.32. The van der Waals surface area contributed by atoms with Gasteiger partial charge in [0.05, 0.1) is 0 Å². The van der Waals surface area contributed by atoms with Crippen molar-refractivity contribution in [1.29, 1.82) is 0 Å². The predicted molar refractivity (Wildman–Crippen MR) is 102 cm³/mol. The zero-order chi connectivity index (χ0) is 19.1. The molecule has 0 spiro atoms. The van der Waals surface area contributed by atoms with Crippen LogP contribution in [0, 0.1) is 0 Å². The second-order valence-electron chi connectivity index (χ2n) is 5.81. The van der Waals surface area contributed by atoms with Crippen LogP contribution in [0.5, 0.6) is 0 Å². The minimum atomic E-state index is -0.345. The number of carbonyl (C=O) groups is 3. The summed E-state index contributed by atoms with van der Waals surface area (Å²) in [4.78, 5) is 36.0. The van der Waals surface area contributed by atoms with Gasteiger partial charge in [-0.3, -0.25) is 9.59 Å². The number of hydrogen-bond acceptors (Lipinski definition) is 3. The Morgan fingerprint density at radius 2 is 1.62 bits per heavy atom. The van der Waals surface area contributed by atoms with E-state index in [1.54, 1.807) is 43.4 Å². The third kappa shape index (κ3) is 5.62. The van der Waals surface area contributed by atoms with Gasteiger partial charge in [0.2, 0.25) is 11.8 Å². The molecule has 136 valence electrons. The number of anilines is 3. The number of amides is 4. The van der Waals surface area contributed by atoms with E-state index in [0.29, 0.717) is 17.9 Å². The first-order valence-corrected chi connectivity index (χ1v) is 8.11. The van der Waals surface area contributed by atoms with E-state index >= 15 is 0 Å². The van der Waals surface area contributed by atoms with Crippen LogP contribution in [0.2, 0.25) is 0 Å². The summed E-state index contributed by atoms with van der Waals surface area (Å²) in [6, 6.07) is 13.9. The first kappa shape index (κ1) is 19.0. The third-order valence-electron chi connectivity index (χ3n) is 3.69. The standard InChI is InChI=1S/C19H22N4O3/c1-13(24)21-17-6-4-5-15(11-17)12-20-19(26)22-16-7-9-18(10-8-16)23(3)14(2)25/h4-11H,12H2,1-3H3,(H,21,24)(H2,20,22,26). The molecule has 26 heavy (non-hydrogen) atoms. The summed E-state index contributed by atoms with van der Waals surface area (Å²) in [5.41, 5.74) is 2.92. The number of benzene rings is 2. The quantitative estimate of drug-likeness (QED) is 0.771. The van der Waals surface area contributed by atoms with Crippen molar-refractivity contribution in [2.45, 2.75) is 20.4 Å². The lowest BCUT2D eigenvalue weighted by molar-refractivity contribution is -0.116. The highest BCUT2D eigenvalue weighted by Crippen LogP contribution is 2.17. The van der Waals surface area contributed by atoms with Gasteiger partial charge in [-0.25, -0.2) is 4.79 Å². The molecule has 4 amide bonds. The number of nitrogens with one attached hydrogen (secondary N) is 3. The van der Waals surface area contributed by atoms with Crippen molar-refractivity contribution in [2.75, 3.05) is 22.6 Å². The van der Waals surface area contributed by atoms with Gasteiger partial charge in [-0.05, 0) is 42.0 Å². The lowest BCUT2D eigenvalue weighted by Crippen LogP contribution is -2.28. The van der Waals surface area contributed by atoms with Gasteiger partial charge in [-0.2, -0.15) is 0 Å². The summed E-state index contributed by atoms with van der Waals surface area (Å²) in [7, 11) is 1.69. The number of carbonyl (C=O) groups excluding carboxylic acids is 3. The average molecular weight is 354 g/mol. The highest BCUT2D eigenvalue weighted by Gasteiger charge is 2.06. The van der Waals surface area contributed by atoms with Crippen LogP contribution in [0.4, 0.5) is 21.9 Å². The van der Waals surface area contributed by atoms with Crippen LogP contribution >= 0.6 is 0 Å². The molecule has 0 saturated heterocycles. The van der Waals surface area contributed by atoms with Crippen LogP contribution < -0.4 is 20.9 Å². The maximum Gasteiger partial charge on any atom is 0.319 e. The van der Waals surface area contributed by atoms with E-state index in [9.17, 15) is 14.4 Å². The van der Waals surface area contributed by atoms with Crippen molar-refractivity contribution in [3.05, 3.63) is 54.1 Å². The predicted octanol–water partition coefficient (Wildman–Crippen LogP) is 2.95. The van der Waals surface area contributed by atoms with E-state index in [1.807, 2.05) is 12.1 Å². The van der Waals surface area contributed by atoms with Crippen LogP contribution in [0.25, 0.3) is 0 Å². The zero-order valence-electron chi connectivity index (χ0n) is 15.0. The summed E-state index contributed by atoms with van der Waals surface area (Å²) >= 11 is 0. The van der Waals surface area contributed by atoms with Crippen molar-refractivity contribution in [3.63, 3.8) is 0 Å². The van der Waals surface area contributed by atoms with Crippen molar-refractivity contribution in [1.82, 2.24) is 5.32 Å². The van der Waals surface area contributed by atoms with E-state index in [4.69, 9.17) is 0 Å². The van der Waals surface area contributed by atoms with E-state index in [1.165, 1.54) is 18.7 Å². The second kappa shape index (κ2) is 8.66. The number of hydrogen-bond donors (Lipinski definition) is 3. The molecule has 0 radical (unpaired) electrons. The Balaban J connectivity index is 1.89. The SMILES string of the molecule is CC(=O)Nc1cccc(CNC(=O)Nc2ccc(N(C)C(C)=O)cc2)c1. The Labute approximate surface area is 152 Å². The summed E-state index contributed by atoms with van der Waals surface area (Å²) in [5, 5.41) is 8.19. The molecule has 0 heterocycles. The maximum atomic E-state index is 12.0. The van der Waals surface area contributed by atoms with Crippen LogP contribution in [-0.4, -0.2) is 24.9 Å². The van der Waals surface area contributed by atoms with Crippen LogP contribution in [0.1, 0.15) is 19.4 Å². The van der Waals surface area contributed by atoms with Crippen molar-refractivity contribution in [2.24, 2.45) is 0 Å². The van der Waals surface area contributed by atoms with Gasteiger partial charge in [0.1, 0.15) is 0 Å². The van der Waals surface area contributed by atoms with Crippen molar-refractivity contribution >= 4 is 34.9 Å². The number of nitrogens with zero attached hydrogens (tertiary/aromatic N) is 1. The minimum absolute atomic E-state index is 0.0649. The van der Waals surface area contributed by atoms with Crippen LogP contribution in [-0.2, 0) is 16.1 Å².